The van der Waals surface area contributed by atoms with Crippen molar-refractivity contribution in [3.8, 4) is 0 Å². The second-order valence-corrected chi connectivity index (χ2v) is 6.23. The van der Waals surface area contributed by atoms with Crippen LogP contribution in [0.1, 0.15) is 71.6 Å². The lowest BCUT2D eigenvalue weighted by molar-refractivity contribution is -0.136. The fourth-order valence-corrected chi connectivity index (χ4v) is 3.23. The molecule has 0 bridgehead atoms. The molecule has 19 heavy (non-hydrogen) atoms. The molecular formula is C15H28F3N. The molecule has 0 aromatic carbocycles. The quantitative estimate of drug-likeness (QED) is 0.687. The van der Waals surface area contributed by atoms with Gasteiger partial charge < -0.3 is 5.32 Å². The minimum absolute atomic E-state index is 0.193. The van der Waals surface area contributed by atoms with Crippen molar-refractivity contribution in [1.82, 2.24) is 5.32 Å². The van der Waals surface area contributed by atoms with E-state index in [2.05, 4.69) is 19.2 Å². The summed E-state index contributed by atoms with van der Waals surface area (Å²) in [5.41, 5.74) is 0.193. The smallest absolute Gasteiger partial charge is 0.313 e. The zero-order valence-corrected chi connectivity index (χ0v) is 12.3. The van der Waals surface area contributed by atoms with E-state index in [9.17, 15) is 13.2 Å². The van der Waals surface area contributed by atoms with Crippen LogP contribution in [0, 0.1) is 5.41 Å². The fraction of sp³-hybridized carbons (Fsp3) is 1.00. The highest BCUT2D eigenvalue weighted by Crippen LogP contribution is 2.40. The second kappa shape index (κ2) is 7.51. The summed E-state index contributed by atoms with van der Waals surface area (Å²) in [4.78, 5) is 0. The minimum atomic E-state index is -4.01. The molecule has 0 radical (unpaired) electrons. The van der Waals surface area contributed by atoms with Crippen LogP contribution in [0.4, 0.5) is 13.2 Å². The van der Waals surface area contributed by atoms with Gasteiger partial charge in [-0.2, -0.15) is 13.2 Å². The van der Waals surface area contributed by atoms with Gasteiger partial charge in [-0.3, -0.25) is 0 Å². The van der Waals surface area contributed by atoms with Crippen molar-refractivity contribution in [2.24, 2.45) is 5.41 Å². The number of hydrogen-bond acceptors (Lipinski definition) is 1. The van der Waals surface area contributed by atoms with Crippen molar-refractivity contribution in [2.75, 3.05) is 6.54 Å². The molecule has 1 aliphatic carbocycles. The van der Waals surface area contributed by atoms with E-state index in [1.165, 1.54) is 19.3 Å². The van der Waals surface area contributed by atoms with E-state index < -0.39 is 12.6 Å². The Kier molecular flexibility index (Phi) is 6.64. The van der Waals surface area contributed by atoms with Gasteiger partial charge >= 0.3 is 6.18 Å². The third kappa shape index (κ3) is 6.15. The van der Waals surface area contributed by atoms with Gasteiger partial charge in [-0.1, -0.05) is 33.1 Å². The predicted molar refractivity (Wildman–Crippen MR) is 73.2 cm³/mol. The van der Waals surface area contributed by atoms with Crippen LogP contribution in [-0.4, -0.2) is 18.8 Å². The maximum absolute atomic E-state index is 12.3. The molecule has 1 atom stereocenters. The van der Waals surface area contributed by atoms with Crippen molar-refractivity contribution in [2.45, 2.75) is 83.9 Å². The molecule has 0 spiro atoms. The first-order valence-electron chi connectivity index (χ1n) is 7.67. The lowest BCUT2D eigenvalue weighted by atomic mass is 9.69. The van der Waals surface area contributed by atoms with E-state index in [-0.39, 0.29) is 17.9 Å². The molecule has 0 heterocycles. The van der Waals surface area contributed by atoms with Gasteiger partial charge in [0.1, 0.15) is 0 Å². The van der Waals surface area contributed by atoms with Crippen LogP contribution in [0.5, 0.6) is 0 Å². The lowest BCUT2D eigenvalue weighted by Gasteiger charge is -2.41. The summed E-state index contributed by atoms with van der Waals surface area (Å²) in [6.45, 7) is 5.27. The maximum atomic E-state index is 12.3. The Morgan fingerprint density at radius 3 is 2.32 bits per heavy atom. The van der Waals surface area contributed by atoms with E-state index in [0.717, 1.165) is 25.8 Å². The predicted octanol–water partition coefficient (Wildman–Crippen LogP) is 5.06. The number of nitrogens with one attached hydrogen (secondary N) is 1. The summed E-state index contributed by atoms with van der Waals surface area (Å²) in [5, 5.41) is 3.50. The summed E-state index contributed by atoms with van der Waals surface area (Å²) >= 11 is 0. The summed E-state index contributed by atoms with van der Waals surface area (Å²) in [6, 6.07) is 0.245. The van der Waals surface area contributed by atoms with Crippen molar-refractivity contribution >= 4 is 0 Å². The van der Waals surface area contributed by atoms with Gasteiger partial charge in [0, 0.05) is 12.5 Å². The normalized spacial score (nSPS) is 21.3. The Balaban J connectivity index is 2.50. The number of rotatable bonds is 7. The van der Waals surface area contributed by atoms with Crippen molar-refractivity contribution in [3.63, 3.8) is 0 Å². The fourth-order valence-electron chi connectivity index (χ4n) is 3.23. The largest absolute Gasteiger partial charge is 0.389 e. The van der Waals surface area contributed by atoms with E-state index in [0.29, 0.717) is 6.42 Å². The first-order valence-corrected chi connectivity index (χ1v) is 7.67. The average Bonchev–Trinajstić information content (AvgIpc) is 2.33. The average molecular weight is 279 g/mol. The van der Waals surface area contributed by atoms with Crippen LogP contribution in [-0.2, 0) is 0 Å². The van der Waals surface area contributed by atoms with Gasteiger partial charge in [-0.25, -0.2) is 0 Å². The van der Waals surface area contributed by atoms with Crippen LogP contribution in [0.25, 0.3) is 0 Å². The summed E-state index contributed by atoms with van der Waals surface area (Å²) in [5.74, 6) is 0. The number of hydrogen-bond donors (Lipinski definition) is 1. The molecule has 0 aromatic heterocycles. The van der Waals surface area contributed by atoms with Gasteiger partial charge in [0.05, 0.1) is 0 Å². The molecule has 1 unspecified atom stereocenters. The molecule has 0 aliphatic heterocycles. The Morgan fingerprint density at radius 1 is 1.16 bits per heavy atom. The molecule has 1 aliphatic rings. The van der Waals surface area contributed by atoms with Crippen molar-refractivity contribution < 1.29 is 13.2 Å². The molecule has 1 nitrogen and oxygen atoms in total. The van der Waals surface area contributed by atoms with Gasteiger partial charge in [-0.05, 0) is 44.1 Å². The molecule has 4 heteroatoms. The topological polar surface area (TPSA) is 12.0 Å². The van der Waals surface area contributed by atoms with Gasteiger partial charge in [-0.15, -0.1) is 0 Å². The van der Waals surface area contributed by atoms with Crippen LogP contribution >= 0.6 is 0 Å². The Hall–Kier alpha value is -0.250. The standard InChI is InChI=1S/C15H28F3N/c1-3-12-19-13(8-7-11-15(16,17)18)14(2)9-5-4-6-10-14/h13,19H,3-12H2,1-2H3. The van der Waals surface area contributed by atoms with Crippen molar-refractivity contribution in [3.05, 3.63) is 0 Å². The maximum Gasteiger partial charge on any atom is 0.389 e. The molecule has 1 N–H and O–H groups in total. The van der Waals surface area contributed by atoms with E-state index in [1.54, 1.807) is 0 Å². The highest BCUT2D eigenvalue weighted by atomic mass is 19.4. The highest BCUT2D eigenvalue weighted by Gasteiger charge is 2.35. The monoisotopic (exact) mass is 279 g/mol. The zero-order chi connectivity index (χ0) is 14.4. The molecule has 114 valence electrons. The van der Waals surface area contributed by atoms with E-state index in [1.807, 2.05) is 0 Å². The highest BCUT2D eigenvalue weighted by molar-refractivity contribution is 4.90. The van der Waals surface area contributed by atoms with E-state index >= 15 is 0 Å². The van der Waals surface area contributed by atoms with Gasteiger partial charge in [0.25, 0.3) is 0 Å². The molecule has 0 amide bonds. The zero-order valence-electron chi connectivity index (χ0n) is 12.3. The van der Waals surface area contributed by atoms with Gasteiger partial charge in [0.15, 0.2) is 0 Å². The molecule has 0 aromatic rings. The molecule has 1 rings (SSSR count). The second-order valence-electron chi connectivity index (χ2n) is 6.23. The molecular weight excluding hydrogens is 251 g/mol. The summed E-state index contributed by atoms with van der Waals surface area (Å²) in [6.07, 6.45) is 3.30. The SMILES string of the molecule is CCCNC(CCCC(F)(F)F)C1(C)CCCCC1. The van der Waals surface area contributed by atoms with Crippen LogP contribution in [0.3, 0.4) is 0 Å². The van der Waals surface area contributed by atoms with Crippen LogP contribution in [0.2, 0.25) is 0 Å². The third-order valence-electron chi connectivity index (χ3n) is 4.43. The Labute approximate surface area is 115 Å². The van der Waals surface area contributed by atoms with Crippen LogP contribution in [0.15, 0.2) is 0 Å². The van der Waals surface area contributed by atoms with E-state index in [4.69, 9.17) is 0 Å². The summed E-state index contributed by atoms with van der Waals surface area (Å²) in [7, 11) is 0. The lowest BCUT2D eigenvalue weighted by Crippen LogP contribution is -2.45. The Morgan fingerprint density at radius 2 is 1.79 bits per heavy atom. The van der Waals surface area contributed by atoms with Gasteiger partial charge in [0.2, 0.25) is 0 Å². The number of alkyl halides is 3. The first kappa shape index (κ1) is 16.8. The molecule has 0 saturated heterocycles. The Bertz CT molecular complexity index is 244. The first-order chi connectivity index (χ1) is 8.87. The minimum Gasteiger partial charge on any atom is -0.313 e. The third-order valence-corrected chi connectivity index (χ3v) is 4.43. The molecule has 1 saturated carbocycles. The summed E-state index contributed by atoms with van der Waals surface area (Å²) < 4.78 is 36.8. The van der Waals surface area contributed by atoms with Crippen molar-refractivity contribution in [1.29, 1.82) is 0 Å². The number of halogens is 3. The molecule has 1 fully saturated rings. The van der Waals surface area contributed by atoms with Crippen LogP contribution < -0.4 is 5.32 Å².